The Morgan fingerprint density at radius 3 is 2.61 bits per heavy atom. The van der Waals surface area contributed by atoms with Gasteiger partial charge in [-0.15, -0.1) is 0 Å². The van der Waals surface area contributed by atoms with E-state index in [0.717, 1.165) is 6.54 Å². The van der Waals surface area contributed by atoms with Crippen LogP contribution in [0.15, 0.2) is 12.1 Å². The van der Waals surface area contributed by atoms with Crippen molar-refractivity contribution in [3.05, 3.63) is 28.8 Å². The van der Waals surface area contributed by atoms with Crippen molar-refractivity contribution in [2.45, 2.75) is 39.7 Å². The highest BCUT2D eigenvalue weighted by atomic mass is 15.2. The van der Waals surface area contributed by atoms with Crippen LogP contribution in [0.2, 0.25) is 0 Å². The third kappa shape index (κ3) is 1.93. The van der Waals surface area contributed by atoms with Crippen molar-refractivity contribution >= 4 is 5.69 Å². The van der Waals surface area contributed by atoms with Gasteiger partial charge in [-0.2, -0.15) is 0 Å². The molecule has 2 unspecified atom stereocenters. The average molecular weight is 244 g/mol. The molecule has 2 atom stereocenters. The lowest BCUT2D eigenvalue weighted by Crippen LogP contribution is -2.37. The molecule has 2 aliphatic heterocycles. The molecule has 98 valence electrons. The van der Waals surface area contributed by atoms with Crippen LogP contribution < -0.4 is 5.32 Å². The Morgan fingerprint density at radius 1 is 1.17 bits per heavy atom. The van der Waals surface area contributed by atoms with Gasteiger partial charge in [-0.1, -0.05) is 13.0 Å². The van der Waals surface area contributed by atoms with Crippen molar-refractivity contribution in [2.75, 3.05) is 25.0 Å². The highest BCUT2D eigenvalue weighted by Crippen LogP contribution is 2.41. The first-order valence-corrected chi connectivity index (χ1v) is 7.26. The highest BCUT2D eigenvalue weighted by Gasteiger charge is 2.33. The molecule has 0 bridgehead atoms. The van der Waals surface area contributed by atoms with Crippen molar-refractivity contribution in [3.8, 4) is 0 Å². The van der Waals surface area contributed by atoms with Gasteiger partial charge in [-0.05, 0) is 68.5 Å². The molecule has 3 rings (SSSR count). The van der Waals surface area contributed by atoms with Crippen molar-refractivity contribution in [1.29, 1.82) is 0 Å². The van der Waals surface area contributed by atoms with E-state index in [-0.39, 0.29) is 0 Å². The lowest BCUT2D eigenvalue weighted by atomic mass is 9.85. The van der Waals surface area contributed by atoms with E-state index >= 15 is 0 Å². The minimum absolute atomic E-state index is 0.629. The standard InChI is InChI=1S/C16H24N2/c1-11-8-12(2)15-14(9-11)17-10-13(3)16(15)18-6-4-5-7-18/h8-9,13,16-17H,4-7,10H2,1-3H3. The molecule has 0 saturated carbocycles. The van der Waals surface area contributed by atoms with Crippen molar-refractivity contribution in [2.24, 2.45) is 5.92 Å². The number of rotatable bonds is 1. The third-order valence-corrected chi connectivity index (χ3v) is 4.51. The number of likely N-dealkylation sites (tertiary alicyclic amines) is 1. The Balaban J connectivity index is 2.05. The number of nitrogens with zero attached hydrogens (tertiary/aromatic N) is 1. The Hall–Kier alpha value is -1.02. The van der Waals surface area contributed by atoms with Crippen LogP contribution in [-0.4, -0.2) is 24.5 Å². The molecule has 0 amide bonds. The molecule has 1 aromatic carbocycles. The number of anilines is 1. The zero-order chi connectivity index (χ0) is 12.7. The second-order valence-corrected chi connectivity index (χ2v) is 6.09. The van der Waals surface area contributed by atoms with Crippen LogP contribution in [0.4, 0.5) is 5.69 Å². The fraction of sp³-hybridized carbons (Fsp3) is 0.625. The lowest BCUT2D eigenvalue weighted by molar-refractivity contribution is 0.185. The van der Waals surface area contributed by atoms with Gasteiger partial charge in [0.15, 0.2) is 0 Å². The first-order chi connectivity index (χ1) is 8.66. The van der Waals surface area contributed by atoms with E-state index < -0.39 is 0 Å². The summed E-state index contributed by atoms with van der Waals surface area (Å²) >= 11 is 0. The van der Waals surface area contributed by atoms with Gasteiger partial charge in [-0.25, -0.2) is 0 Å². The molecule has 0 aromatic heterocycles. The zero-order valence-corrected chi connectivity index (χ0v) is 11.8. The molecule has 2 heterocycles. The van der Waals surface area contributed by atoms with Crippen LogP contribution in [-0.2, 0) is 0 Å². The Bertz CT molecular complexity index is 447. The van der Waals surface area contributed by atoms with Gasteiger partial charge in [0.1, 0.15) is 0 Å². The number of fused-ring (bicyclic) bond motifs is 1. The molecule has 2 heteroatoms. The summed E-state index contributed by atoms with van der Waals surface area (Å²) in [6, 6.07) is 5.28. The number of benzene rings is 1. The summed E-state index contributed by atoms with van der Waals surface area (Å²) in [6.45, 7) is 10.5. The van der Waals surface area contributed by atoms with Crippen LogP contribution in [0.3, 0.4) is 0 Å². The van der Waals surface area contributed by atoms with E-state index in [4.69, 9.17) is 0 Å². The highest BCUT2D eigenvalue weighted by molar-refractivity contribution is 5.60. The topological polar surface area (TPSA) is 15.3 Å². The van der Waals surface area contributed by atoms with Crippen LogP contribution in [0, 0.1) is 19.8 Å². The number of aryl methyl sites for hydroxylation is 2. The van der Waals surface area contributed by atoms with Crippen molar-refractivity contribution in [3.63, 3.8) is 0 Å². The van der Waals surface area contributed by atoms with Crippen molar-refractivity contribution in [1.82, 2.24) is 4.90 Å². The smallest absolute Gasteiger partial charge is 0.0413 e. The summed E-state index contributed by atoms with van der Waals surface area (Å²) in [5, 5.41) is 3.62. The van der Waals surface area contributed by atoms with E-state index in [1.807, 2.05) is 0 Å². The van der Waals surface area contributed by atoms with Gasteiger partial charge in [0.05, 0.1) is 0 Å². The molecule has 1 aromatic rings. The third-order valence-electron chi connectivity index (χ3n) is 4.51. The molecule has 0 radical (unpaired) electrons. The predicted molar refractivity (Wildman–Crippen MR) is 77.1 cm³/mol. The molecular weight excluding hydrogens is 220 g/mol. The van der Waals surface area contributed by atoms with Crippen LogP contribution >= 0.6 is 0 Å². The molecule has 0 spiro atoms. The molecule has 1 N–H and O–H groups in total. The van der Waals surface area contributed by atoms with Crippen LogP contribution in [0.25, 0.3) is 0 Å². The number of hydrogen-bond donors (Lipinski definition) is 1. The Kier molecular flexibility index (Phi) is 3.06. The number of nitrogens with one attached hydrogen (secondary N) is 1. The van der Waals surface area contributed by atoms with Gasteiger partial charge in [0.25, 0.3) is 0 Å². The summed E-state index contributed by atoms with van der Waals surface area (Å²) in [4.78, 5) is 2.70. The SMILES string of the molecule is Cc1cc(C)c2c(c1)NCC(C)C2N1CCCC1. The fourth-order valence-corrected chi connectivity index (χ4v) is 3.75. The van der Waals surface area contributed by atoms with E-state index in [0.29, 0.717) is 12.0 Å². The number of hydrogen-bond acceptors (Lipinski definition) is 2. The molecular formula is C16H24N2. The first kappa shape index (κ1) is 12.0. The van der Waals surface area contributed by atoms with Gasteiger partial charge in [0, 0.05) is 18.3 Å². The van der Waals surface area contributed by atoms with E-state index in [1.54, 1.807) is 5.56 Å². The Labute approximate surface area is 110 Å². The maximum absolute atomic E-state index is 3.62. The second kappa shape index (κ2) is 4.58. The maximum Gasteiger partial charge on any atom is 0.0413 e. The average Bonchev–Trinajstić information content (AvgIpc) is 2.83. The predicted octanol–water partition coefficient (Wildman–Crippen LogP) is 3.50. The van der Waals surface area contributed by atoms with E-state index in [2.05, 4.69) is 43.1 Å². The fourth-order valence-electron chi connectivity index (χ4n) is 3.75. The minimum atomic E-state index is 0.629. The normalized spacial score (nSPS) is 27.9. The van der Waals surface area contributed by atoms with E-state index in [9.17, 15) is 0 Å². The minimum Gasteiger partial charge on any atom is -0.384 e. The molecule has 2 nitrogen and oxygen atoms in total. The summed E-state index contributed by atoms with van der Waals surface area (Å²) in [5.41, 5.74) is 5.76. The molecule has 18 heavy (non-hydrogen) atoms. The molecule has 0 aliphatic carbocycles. The summed E-state index contributed by atoms with van der Waals surface area (Å²) in [6.07, 6.45) is 2.74. The van der Waals surface area contributed by atoms with Gasteiger partial charge < -0.3 is 5.32 Å². The summed E-state index contributed by atoms with van der Waals surface area (Å²) in [5.74, 6) is 0.706. The van der Waals surface area contributed by atoms with Crippen LogP contribution in [0.5, 0.6) is 0 Å². The summed E-state index contributed by atoms with van der Waals surface area (Å²) in [7, 11) is 0. The van der Waals surface area contributed by atoms with Gasteiger partial charge in [-0.3, -0.25) is 4.90 Å². The zero-order valence-electron chi connectivity index (χ0n) is 11.8. The molecule has 1 saturated heterocycles. The van der Waals surface area contributed by atoms with Gasteiger partial charge in [0.2, 0.25) is 0 Å². The monoisotopic (exact) mass is 244 g/mol. The van der Waals surface area contributed by atoms with E-state index in [1.165, 1.54) is 42.7 Å². The van der Waals surface area contributed by atoms with Crippen LogP contribution in [0.1, 0.15) is 42.5 Å². The first-order valence-electron chi connectivity index (χ1n) is 7.26. The lowest BCUT2D eigenvalue weighted by Gasteiger charge is -2.39. The largest absolute Gasteiger partial charge is 0.384 e. The summed E-state index contributed by atoms with van der Waals surface area (Å²) < 4.78 is 0. The van der Waals surface area contributed by atoms with Crippen molar-refractivity contribution < 1.29 is 0 Å². The van der Waals surface area contributed by atoms with Gasteiger partial charge >= 0.3 is 0 Å². The molecule has 2 aliphatic rings. The Morgan fingerprint density at radius 2 is 1.89 bits per heavy atom. The second-order valence-electron chi connectivity index (χ2n) is 6.09. The molecule has 1 fully saturated rings. The maximum atomic E-state index is 3.62. The quantitative estimate of drug-likeness (QED) is 0.813.